The van der Waals surface area contributed by atoms with Crippen LogP contribution in [0.1, 0.15) is 43.7 Å². The van der Waals surface area contributed by atoms with Crippen LogP contribution in [0.15, 0.2) is 47.0 Å². The van der Waals surface area contributed by atoms with E-state index < -0.39 is 0 Å². The number of pyridine rings is 1. The van der Waals surface area contributed by atoms with Crippen molar-refractivity contribution in [1.29, 1.82) is 0 Å². The van der Waals surface area contributed by atoms with Gasteiger partial charge in [-0.3, -0.25) is 9.78 Å². The number of piperidine rings is 1. The molecule has 162 valence electrons. The Bertz CT molecular complexity index is 1020. The number of hydrogen-bond acceptors (Lipinski definition) is 7. The molecule has 0 unspecified atom stereocenters. The molecular formula is C23H26N4O4. The van der Waals surface area contributed by atoms with E-state index in [0.717, 1.165) is 24.8 Å². The van der Waals surface area contributed by atoms with E-state index in [1.807, 2.05) is 50.2 Å². The van der Waals surface area contributed by atoms with Crippen LogP contribution in [0.3, 0.4) is 0 Å². The van der Waals surface area contributed by atoms with Crippen molar-refractivity contribution in [2.75, 3.05) is 19.8 Å². The first-order chi connectivity index (χ1) is 15.2. The summed E-state index contributed by atoms with van der Waals surface area (Å²) in [5.74, 6) is 1.86. The Balaban J connectivity index is 1.47. The molecule has 0 spiro atoms. The van der Waals surface area contributed by atoms with Gasteiger partial charge in [0.2, 0.25) is 5.89 Å². The molecule has 1 amide bonds. The van der Waals surface area contributed by atoms with Crippen molar-refractivity contribution in [2.45, 2.75) is 39.2 Å². The minimum Gasteiger partial charge on any atom is -0.490 e. The van der Waals surface area contributed by atoms with Gasteiger partial charge in [-0.25, -0.2) is 0 Å². The van der Waals surface area contributed by atoms with Gasteiger partial charge in [0, 0.05) is 12.7 Å². The fourth-order valence-corrected chi connectivity index (χ4v) is 3.67. The van der Waals surface area contributed by atoms with Gasteiger partial charge in [0.05, 0.1) is 6.61 Å². The number of carbonyl (C=O) groups excluding carboxylic acids is 1. The average molecular weight is 422 g/mol. The highest BCUT2D eigenvalue weighted by atomic mass is 16.5. The molecule has 3 aromatic rings. The lowest BCUT2D eigenvalue weighted by atomic mass is 10.0. The zero-order chi connectivity index (χ0) is 21.6. The van der Waals surface area contributed by atoms with Gasteiger partial charge in [-0.15, -0.1) is 10.2 Å². The quantitative estimate of drug-likeness (QED) is 0.569. The molecule has 31 heavy (non-hydrogen) atoms. The monoisotopic (exact) mass is 422 g/mol. The number of aryl methyl sites for hydroxylation is 1. The second-order valence-electron chi connectivity index (χ2n) is 7.43. The summed E-state index contributed by atoms with van der Waals surface area (Å²) in [6, 6.07) is 10.9. The number of hydrogen-bond donors (Lipinski definition) is 0. The highest BCUT2D eigenvalue weighted by Crippen LogP contribution is 2.32. The summed E-state index contributed by atoms with van der Waals surface area (Å²) in [7, 11) is 0. The first kappa shape index (κ1) is 20.8. The van der Waals surface area contributed by atoms with Gasteiger partial charge >= 0.3 is 0 Å². The van der Waals surface area contributed by atoms with Gasteiger partial charge < -0.3 is 18.8 Å². The lowest BCUT2D eigenvalue weighted by Gasteiger charge is -2.33. The van der Waals surface area contributed by atoms with Gasteiger partial charge in [-0.2, -0.15) is 0 Å². The number of amides is 1. The normalized spacial score (nSPS) is 16.2. The van der Waals surface area contributed by atoms with Crippen molar-refractivity contribution >= 4 is 5.91 Å². The third-order valence-electron chi connectivity index (χ3n) is 5.18. The Morgan fingerprint density at radius 2 is 2.06 bits per heavy atom. The van der Waals surface area contributed by atoms with E-state index in [9.17, 15) is 4.79 Å². The molecule has 8 nitrogen and oxygen atoms in total. The lowest BCUT2D eigenvalue weighted by Crippen LogP contribution is -2.41. The molecule has 3 heterocycles. The first-order valence-electron chi connectivity index (χ1n) is 10.6. The first-order valence-corrected chi connectivity index (χ1v) is 10.6. The predicted molar refractivity (Wildman–Crippen MR) is 114 cm³/mol. The summed E-state index contributed by atoms with van der Waals surface area (Å²) in [4.78, 5) is 19.0. The Hall–Kier alpha value is -3.42. The Labute approximate surface area is 181 Å². The van der Waals surface area contributed by atoms with Crippen LogP contribution in [0.25, 0.3) is 11.6 Å². The standard InChI is InChI=1S/C23H26N4O4/c1-3-29-20-14-16(2)10-11-19(20)30-15-21(28)27-13-7-5-9-18(27)23-26-25-22(31-23)17-8-4-6-12-24-17/h4,6,8,10-12,14,18H,3,5,7,9,13,15H2,1-2H3/t18-/m0/s1. The van der Waals surface area contributed by atoms with Crippen molar-refractivity contribution in [1.82, 2.24) is 20.1 Å². The van der Waals surface area contributed by atoms with Gasteiger partial charge in [0.25, 0.3) is 11.8 Å². The lowest BCUT2D eigenvalue weighted by molar-refractivity contribution is -0.137. The maximum absolute atomic E-state index is 13.0. The minimum atomic E-state index is -0.265. The highest BCUT2D eigenvalue weighted by Gasteiger charge is 2.32. The van der Waals surface area contributed by atoms with Crippen LogP contribution in [0.4, 0.5) is 0 Å². The molecule has 1 aliphatic rings. The Morgan fingerprint density at radius 3 is 2.87 bits per heavy atom. The SMILES string of the molecule is CCOc1cc(C)ccc1OCC(=O)N1CCCC[C@H]1c1nnc(-c2ccccn2)o1. The summed E-state index contributed by atoms with van der Waals surface area (Å²) < 4.78 is 17.3. The zero-order valence-electron chi connectivity index (χ0n) is 17.8. The van der Waals surface area contributed by atoms with Crippen LogP contribution in [0, 0.1) is 6.92 Å². The third-order valence-corrected chi connectivity index (χ3v) is 5.18. The van der Waals surface area contributed by atoms with Crippen LogP contribution in [0.2, 0.25) is 0 Å². The Kier molecular flexibility index (Phi) is 6.45. The number of benzene rings is 1. The summed E-state index contributed by atoms with van der Waals surface area (Å²) >= 11 is 0. The number of likely N-dealkylation sites (tertiary alicyclic amines) is 1. The maximum Gasteiger partial charge on any atom is 0.266 e. The van der Waals surface area contributed by atoms with Gasteiger partial charge in [0.15, 0.2) is 18.1 Å². The summed E-state index contributed by atoms with van der Waals surface area (Å²) in [5, 5.41) is 8.33. The number of ether oxygens (including phenoxy) is 2. The predicted octanol–water partition coefficient (Wildman–Crippen LogP) is 3.97. The van der Waals surface area contributed by atoms with Crippen LogP contribution < -0.4 is 9.47 Å². The molecule has 1 aliphatic heterocycles. The largest absolute Gasteiger partial charge is 0.490 e. The molecule has 8 heteroatoms. The summed E-state index contributed by atoms with van der Waals surface area (Å²) in [6.45, 7) is 4.97. The minimum absolute atomic E-state index is 0.0825. The number of carbonyl (C=O) groups is 1. The van der Waals surface area contributed by atoms with Gasteiger partial charge in [-0.05, 0) is 62.9 Å². The van der Waals surface area contributed by atoms with Crippen molar-refractivity contribution in [3.63, 3.8) is 0 Å². The molecule has 1 saturated heterocycles. The molecule has 4 rings (SSSR count). The molecule has 1 fully saturated rings. The van der Waals surface area contributed by atoms with E-state index in [1.54, 1.807) is 11.1 Å². The molecule has 1 aromatic carbocycles. The van der Waals surface area contributed by atoms with Gasteiger partial charge in [-0.1, -0.05) is 12.1 Å². The molecule has 0 aliphatic carbocycles. The highest BCUT2D eigenvalue weighted by molar-refractivity contribution is 5.78. The van der Waals surface area contributed by atoms with Crippen LogP contribution in [-0.2, 0) is 4.79 Å². The van der Waals surface area contributed by atoms with Crippen molar-refractivity contribution in [3.8, 4) is 23.1 Å². The molecule has 1 atom stereocenters. The molecule has 2 aromatic heterocycles. The third kappa shape index (κ3) is 4.84. The van der Waals surface area contributed by atoms with Crippen molar-refractivity contribution < 1.29 is 18.7 Å². The Morgan fingerprint density at radius 1 is 1.16 bits per heavy atom. The topological polar surface area (TPSA) is 90.6 Å². The summed E-state index contributed by atoms with van der Waals surface area (Å²) in [6.07, 6.45) is 4.36. The summed E-state index contributed by atoms with van der Waals surface area (Å²) in [5.41, 5.74) is 1.68. The molecule has 0 N–H and O–H groups in total. The van der Waals surface area contributed by atoms with Crippen molar-refractivity contribution in [3.05, 3.63) is 54.0 Å². The smallest absolute Gasteiger partial charge is 0.266 e. The van der Waals surface area contributed by atoms with Crippen molar-refractivity contribution in [2.24, 2.45) is 0 Å². The molecule has 0 saturated carbocycles. The van der Waals surface area contributed by atoms with Gasteiger partial charge in [0.1, 0.15) is 11.7 Å². The fraction of sp³-hybridized carbons (Fsp3) is 0.391. The average Bonchev–Trinajstić information content (AvgIpc) is 3.29. The van der Waals surface area contributed by atoms with E-state index in [2.05, 4.69) is 15.2 Å². The fourth-order valence-electron chi connectivity index (χ4n) is 3.67. The van der Waals surface area contributed by atoms with E-state index in [-0.39, 0.29) is 18.6 Å². The molecule has 0 radical (unpaired) electrons. The molecular weight excluding hydrogens is 396 g/mol. The zero-order valence-corrected chi connectivity index (χ0v) is 17.8. The van der Waals surface area contributed by atoms with Crippen LogP contribution in [0.5, 0.6) is 11.5 Å². The maximum atomic E-state index is 13.0. The second kappa shape index (κ2) is 9.59. The molecule has 0 bridgehead atoms. The number of rotatable bonds is 7. The van der Waals surface area contributed by atoms with Crippen LogP contribution >= 0.6 is 0 Å². The van der Waals surface area contributed by atoms with Crippen LogP contribution in [-0.4, -0.2) is 45.7 Å². The van der Waals surface area contributed by atoms with E-state index in [0.29, 0.717) is 42.1 Å². The van der Waals surface area contributed by atoms with E-state index in [1.165, 1.54) is 0 Å². The second-order valence-corrected chi connectivity index (χ2v) is 7.43. The number of aromatic nitrogens is 3. The number of nitrogens with zero attached hydrogens (tertiary/aromatic N) is 4. The van der Waals surface area contributed by atoms with E-state index in [4.69, 9.17) is 13.9 Å². The van der Waals surface area contributed by atoms with E-state index >= 15 is 0 Å².